The molecule has 0 saturated carbocycles. The Bertz CT molecular complexity index is 672. The van der Waals surface area contributed by atoms with Gasteiger partial charge < -0.3 is 19.3 Å². The van der Waals surface area contributed by atoms with Gasteiger partial charge in [-0.3, -0.25) is 0 Å². The molecule has 0 radical (unpaired) electrons. The maximum Gasteiger partial charge on any atom is 0.161 e. The summed E-state index contributed by atoms with van der Waals surface area (Å²) in [6, 6.07) is 5.97. The summed E-state index contributed by atoms with van der Waals surface area (Å²) in [5, 5.41) is 7.42. The Hall–Kier alpha value is -2.27. The maximum atomic E-state index is 5.75. The second-order valence-electron chi connectivity index (χ2n) is 5.96. The number of aryl methyl sites for hydroxylation is 2. The van der Waals surface area contributed by atoms with E-state index in [1.165, 1.54) is 5.56 Å². The van der Waals surface area contributed by atoms with Gasteiger partial charge in [0, 0.05) is 12.1 Å². The Balaban J connectivity index is 1.90. The van der Waals surface area contributed by atoms with Crippen molar-refractivity contribution in [3.63, 3.8) is 0 Å². The van der Waals surface area contributed by atoms with Crippen molar-refractivity contribution in [3.05, 3.63) is 52.9 Å². The van der Waals surface area contributed by atoms with Gasteiger partial charge in [0.25, 0.3) is 0 Å². The van der Waals surface area contributed by atoms with Crippen LogP contribution in [0.2, 0.25) is 0 Å². The minimum Gasteiger partial charge on any atom is -0.493 e. The van der Waals surface area contributed by atoms with Crippen LogP contribution in [0.5, 0.6) is 11.5 Å². The van der Waals surface area contributed by atoms with Crippen molar-refractivity contribution in [1.29, 1.82) is 0 Å². The largest absolute Gasteiger partial charge is 0.493 e. The van der Waals surface area contributed by atoms with Gasteiger partial charge in [0.05, 0.1) is 12.8 Å². The van der Waals surface area contributed by atoms with Crippen LogP contribution in [0.1, 0.15) is 29.5 Å². The molecule has 0 aliphatic rings. The summed E-state index contributed by atoms with van der Waals surface area (Å²) < 4.78 is 16.3. The number of rotatable bonds is 9. The van der Waals surface area contributed by atoms with Crippen LogP contribution in [0.15, 0.2) is 34.9 Å². The standard InChI is InChI=1S/C19H26N2O3/c1-13(2)12-23-19-10-16(6-7-18(19)22-5)11-20-9-8-17-14(3)21-24-15(17)4/h6-7,10,20H,1,8-9,11-12H2,2-5H3. The number of methoxy groups -OCH3 is 1. The zero-order valence-corrected chi connectivity index (χ0v) is 14.9. The summed E-state index contributed by atoms with van der Waals surface area (Å²) in [6.07, 6.45) is 0.899. The van der Waals surface area contributed by atoms with Crippen molar-refractivity contribution in [2.45, 2.75) is 33.7 Å². The highest BCUT2D eigenvalue weighted by molar-refractivity contribution is 5.43. The van der Waals surface area contributed by atoms with E-state index >= 15 is 0 Å². The summed E-state index contributed by atoms with van der Waals surface area (Å²) >= 11 is 0. The molecule has 1 N–H and O–H groups in total. The molecule has 130 valence electrons. The summed E-state index contributed by atoms with van der Waals surface area (Å²) in [5.41, 5.74) is 4.27. The minimum atomic E-state index is 0.485. The number of ether oxygens (including phenoxy) is 2. The monoisotopic (exact) mass is 330 g/mol. The van der Waals surface area contributed by atoms with Crippen LogP contribution >= 0.6 is 0 Å². The lowest BCUT2D eigenvalue weighted by molar-refractivity contribution is 0.319. The Morgan fingerprint density at radius 1 is 1.29 bits per heavy atom. The first-order valence-electron chi connectivity index (χ1n) is 8.07. The van der Waals surface area contributed by atoms with Gasteiger partial charge in [0.1, 0.15) is 12.4 Å². The molecule has 0 spiro atoms. The number of hydrogen-bond donors (Lipinski definition) is 1. The molecule has 1 aromatic carbocycles. The third-order valence-corrected chi connectivity index (χ3v) is 3.76. The van der Waals surface area contributed by atoms with Crippen LogP contribution < -0.4 is 14.8 Å². The number of benzene rings is 1. The molecule has 1 heterocycles. The van der Waals surface area contributed by atoms with Crippen molar-refractivity contribution in [2.24, 2.45) is 0 Å². The van der Waals surface area contributed by atoms with E-state index in [1.807, 2.05) is 39.0 Å². The molecule has 1 aromatic heterocycles. The van der Waals surface area contributed by atoms with E-state index in [0.29, 0.717) is 6.61 Å². The molecule has 2 rings (SSSR count). The lowest BCUT2D eigenvalue weighted by Gasteiger charge is -2.13. The molecule has 0 aliphatic carbocycles. The van der Waals surface area contributed by atoms with Gasteiger partial charge in [0.2, 0.25) is 0 Å². The molecule has 0 saturated heterocycles. The molecule has 0 bridgehead atoms. The molecule has 0 amide bonds. The molecule has 0 aliphatic heterocycles. The lowest BCUT2D eigenvalue weighted by Crippen LogP contribution is -2.17. The number of hydrogen-bond acceptors (Lipinski definition) is 5. The van der Waals surface area contributed by atoms with Crippen LogP contribution in [-0.4, -0.2) is 25.4 Å². The van der Waals surface area contributed by atoms with Crippen LogP contribution in [-0.2, 0) is 13.0 Å². The van der Waals surface area contributed by atoms with Crippen molar-refractivity contribution < 1.29 is 14.0 Å². The predicted octanol–water partition coefficient (Wildman–Crippen LogP) is 3.59. The fraction of sp³-hybridized carbons (Fsp3) is 0.421. The zero-order chi connectivity index (χ0) is 17.5. The van der Waals surface area contributed by atoms with Crippen LogP contribution in [0, 0.1) is 13.8 Å². The molecule has 0 unspecified atom stereocenters. The summed E-state index contributed by atoms with van der Waals surface area (Å²) in [4.78, 5) is 0. The minimum absolute atomic E-state index is 0.485. The van der Waals surface area contributed by atoms with Crippen LogP contribution in [0.3, 0.4) is 0 Å². The van der Waals surface area contributed by atoms with Gasteiger partial charge >= 0.3 is 0 Å². The van der Waals surface area contributed by atoms with Crippen molar-refractivity contribution >= 4 is 0 Å². The number of nitrogens with zero attached hydrogens (tertiary/aromatic N) is 1. The molecule has 5 heteroatoms. The molecule has 24 heavy (non-hydrogen) atoms. The van der Waals surface area contributed by atoms with E-state index in [0.717, 1.165) is 53.6 Å². The molecule has 5 nitrogen and oxygen atoms in total. The van der Waals surface area contributed by atoms with E-state index in [-0.39, 0.29) is 0 Å². The Morgan fingerprint density at radius 2 is 2.08 bits per heavy atom. The normalized spacial score (nSPS) is 10.7. The molecule has 0 fully saturated rings. The molecular formula is C19H26N2O3. The highest BCUT2D eigenvalue weighted by Crippen LogP contribution is 2.28. The number of nitrogens with one attached hydrogen (secondary N) is 1. The topological polar surface area (TPSA) is 56.5 Å². The van der Waals surface area contributed by atoms with E-state index in [4.69, 9.17) is 14.0 Å². The van der Waals surface area contributed by atoms with Gasteiger partial charge in [-0.2, -0.15) is 0 Å². The second kappa shape index (κ2) is 8.55. The maximum absolute atomic E-state index is 5.75. The first kappa shape index (κ1) is 18.1. The van der Waals surface area contributed by atoms with Crippen LogP contribution in [0.25, 0.3) is 0 Å². The van der Waals surface area contributed by atoms with Crippen molar-refractivity contribution in [1.82, 2.24) is 10.5 Å². The summed E-state index contributed by atoms with van der Waals surface area (Å²) in [5.74, 6) is 2.37. The zero-order valence-electron chi connectivity index (χ0n) is 14.9. The van der Waals surface area contributed by atoms with Gasteiger partial charge in [-0.25, -0.2) is 0 Å². The molecule has 2 aromatic rings. The van der Waals surface area contributed by atoms with E-state index in [2.05, 4.69) is 17.1 Å². The van der Waals surface area contributed by atoms with Crippen molar-refractivity contribution in [2.75, 3.05) is 20.3 Å². The average Bonchev–Trinajstić information content (AvgIpc) is 2.88. The highest BCUT2D eigenvalue weighted by atomic mass is 16.5. The Kier molecular flexibility index (Phi) is 6.44. The second-order valence-corrected chi connectivity index (χ2v) is 5.96. The fourth-order valence-electron chi connectivity index (χ4n) is 2.45. The Labute approximate surface area is 143 Å². The highest BCUT2D eigenvalue weighted by Gasteiger charge is 2.09. The van der Waals surface area contributed by atoms with Gasteiger partial charge in [0.15, 0.2) is 11.5 Å². The Morgan fingerprint density at radius 3 is 2.71 bits per heavy atom. The smallest absolute Gasteiger partial charge is 0.161 e. The quantitative estimate of drug-likeness (QED) is 0.562. The van der Waals surface area contributed by atoms with E-state index < -0.39 is 0 Å². The summed E-state index contributed by atoms with van der Waals surface area (Å²) in [7, 11) is 1.64. The van der Waals surface area contributed by atoms with Crippen LogP contribution in [0.4, 0.5) is 0 Å². The fourth-order valence-corrected chi connectivity index (χ4v) is 2.45. The predicted molar refractivity (Wildman–Crippen MR) is 94.7 cm³/mol. The third-order valence-electron chi connectivity index (χ3n) is 3.76. The van der Waals surface area contributed by atoms with Gasteiger partial charge in [-0.1, -0.05) is 17.8 Å². The first-order valence-corrected chi connectivity index (χ1v) is 8.07. The third kappa shape index (κ3) is 4.86. The van der Waals surface area contributed by atoms with Crippen molar-refractivity contribution in [3.8, 4) is 11.5 Å². The molecular weight excluding hydrogens is 304 g/mol. The first-order chi connectivity index (χ1) is 11.5. The van der Waals surface area contributed by atoms with Gasteiger partial charge in [-0.15, -0.1) is 0 Å². The van der Waals surface area contributed by atoms with E-state index in [1.54, 1.807) is 7.11 Å². The summed E-state index contributed by atoms with van der Waals surface area (Å²) in [6.45, 7) is 11.8. The molecule has 0 atom stereocenters. The number of aromatic nitrogens is 1. The van der Waals surface area contributed by atoms with E-state index in [9.17, 15) is 0 Å². The average molecular weight is 330 g/mol. The van der Waals surface area contributed by atoms with Gasteiger partial charge in [-0.05, 0) is 57.0 Å². The lowest BCUT2D eigenvalue weighted by atomic mass is 10.1. The SMILES string of the molecule is C=C(C)COc1cc(CNCCc2c(C)noc2C)ccc1OC.